The van der Waals surface area contributed by atoms with Crippen molar-refractivity contribution in [2.75, 3.05) is 40.3 Å². The zero-order chi connectivity index (χ0) is 9.14. The molecule has 0 aromatic heterocycles. The monoisotopic (exact) mass is 170 g/mol. The lowest BCUT2D eigenvalue weighted by molar-refractivity contribution is 0.0627. The molecular weight excluding hydrogens is 148 g/mol. The van der Waals surface area contributed by atoms with Crippen LogP contribution in [-0.2, 0) is 0 Å². The van der Waals surface area contributed by atoms with Crippen molar-refractivity contribution in [1.29, 1.82) is 0 Å². The molecule has 0 saturated carbocycles. The molecule has 0 aromatic carbocycles. The van der Waals surface area contributed by atoms with E-state index in [9.17, 15) is 0 Å². The Morgan fingerprint density at radius 3 is 2.33 bits per heavy atom. The van der Waals surface area contributed by atoms with Crippen LogP contribution in [0.5, 0.6) is 0 Å². The lowest BCUT2D eigenvalue weighted by Gasteiger charge is -2.42. The van der Waals surface area contributed by atoms with Crippen molar-refractivity contribution in [3.63, 3.8) is 0 Å². The Kier molecular flexibility index (Phi) is 3.53. The molecule has 0 unspecified atom stereocenters. The molecule has 0 amide bonds. The lowest BCUT2D eigenvalue weighted by atomic mass is 9.88. The van der Waals surface area contributed by atoms with Gasteiger partial charge in [0.1, 0.15) is 0 Å². The average Bonchev–Trinajstić information content (AvgIpc) is 1.82. The topological polar surface area (TPSA) is 6.48 Å². The van der Waals surface area contributed by atoms with Crippen molar-refractivity contribution in [2.24, 2.45) is 11.8 Å². The summed E-state index contributed by atoms with van der Waals surface area (Å²) < 4.78 is 0. The second kappa shape index (κ2) is 4.24. The van der Waals surface area contributed by atoms with Gasteiger partial charge in [0.05, 0.1) is 0 Å². The minimum atomic E-state index is 0.876. The van der Waals surface area contributed by atoms with Gasteiger partial charge in [-0.1, -0.05) is 13.8 Å². The Labute approximate surface area is 76.5 Å². The number of hydrogen-bond donors (Lipinski definition) is 0. The van der Waals surface area contributed by atoms with Crippen molar-refractivity contribution in [3.8, 4) is 0 Å². The maximum Gasteiger partial charge on any atom is 0.0109 e. The highest BCUT2D eigenvalue weighted by molar-refractivity contribution is 4.81. The van der Waals surface area contributed by atoms with Gasteiger partial charge in [-0.2, -0.15) is 0 Å². The number of rotatable bonds is 4. The maximum atomic E-state index is 2.55. The molecule has 1 fully saturated rings. The summed E-state index contributed by atoms with van der Waals surface area (Å²) in [4.78, 5) is 4.80. The summed E-state index contributed by atoms with van der Waals surface area (Å²) in [5.74, 6) is 1.84. The Morgan fingerprint density at radius 1 is 1.33 bits per heavy atom. The van der Waals surface area contributed by atoms with Gasteiger partial charge in [-0.25, -0.2) is 0 Å². The van der Waals surface area contributed by atoms with E-state index < -0.39 is 0 Å². The van der Waals surface area contributed by atoms with E-state index in [0.717, 1.165) is 11.8 Å². The third kappa shape index (κ3) is 2.76. The molecule has 12 heavy (non-hydrogen) atoms. The molecule has 0 radical (unpaired) electrons. The van der Waals surface area contributed by atoms with Crippen LogP contribution in [-0.4, -0.2) is 50.1 Å². The molecule has 0 aromatic rings. The molecule has 72 valence electrons. The molecule has 0 aliphatic carbocycles. The third-order valence-electron chi connectivity index (χ3n) is 2.79. The van der Waals surface area contributed by atoms with Crippen LogP contribution in [0.2, 0.25) is 0 Å². The molecule has 1 saturated heterocycles. The van der Waals surface area contributed by atoms with Gasteiger partial charge in [-0.3, -0.25) is 0 Å². The van der Waals surface area contributed by atoms with Crippen LogP contribution in [0.25, 0.3) is 0 Å². The van der Waals surface area contributed by atoms with E-state index in [2.05, 4.69) is 37.7 Å². The minimum absolute atomic E-state index is 0.876. The summed E-state index contributed by atoms with van der Waals surface area (Å²) in [7, 11) is 4.28. The summed E-state index contributed by atoms with van der Waals surface area (Å²) in [5, 5.41) is 0. The summed E-state index contributed by atoms with van der Waals surface area (Å²) in [6.07, 6.45) is 0. The number of likely N-dealkylation sites (N-methyl/N-ethyl adjacent to an activating group) is 1. The molecule has 1 rings (SSSR count). The fourth-order valence-electron chi connectivity index (χ4n) is 1.56. The first kappa shape index (κ1) is 10.0. The van der Waals surface area contributed by atoms with Gasteiger partial charge in [-0.05, 0) is 25.9 Å². The fraction of sp³-hybridized carbons (Fsp3) is 1.00. The van der Waals surface area contributed by atoms with Gasteiger partial charge >= 0.3 is 0 Å². The van der Waals surface area contributed by atoms with Crippen LogP contribution in [0.3, 0.4) is 0 Å². The third-order valence-corrected chi connectivity index (χ3v) is 2.79. The van der Waals surface area contributed by atoms with Gasteiger partial charge in [0.15, 0.2) is 0 Å². The normalized spacial score (nSPS) is 20.5. The molecule has 0 N–H and O–H groups in total. The molecule has 1 aliphatic rings. The molecule has 0 bridgehead atoms. The Balaban J connectivity index is 2.02. The molecule has 2 heteroatoms. The standard InChI is InChI=1S/C10H22N2/c1-9(2)10-7-12(8-10)6-5-11(3)4/h9-10H,5-8H2,1-4H3. The number of nitrogens with zero attached hydrogens (tertiary/aromatic N) is 2. The maximum absolute atomic E-state index is 2.55. The van der Waals surface area contributed by atoms with Gasteiger partial charge in [0, 0.05) is 26.2 Å². The van der Waals surface area contributed by atoms with E-state index in [0.29, 0.717) is 0 Å². The summed E-state index contributed by atoms with van der Waals surface area (Å²) in [5.41, 5.74) is 0. The van der Waals surface area contributed by atoms with Crippen molar-refractivity contribution in [1.82, 2.24) is 9.80 Å². The molecule has 0 spiro atoms. The Bertz CT molecular complexity index is 123. The summed E-state index contributed by atoms with van der Waals surface area (Å²) in [6.45, 7) is 9.75. The highest BCUT2D eigenvalue weighted by Gasteiger charge is 2.28. The fourth-order valence-corrected chi connectivity index (χ4v) is 1.56. The van der Waals surface area contributed by atoms with Gasteiger partial charge < -0.3 is 9.80 Å². The minimum Gasteiger partial charge on any atom is -0.308 e. The second-order valence-electron chi connectivity index (χ2n) is 4.57. The molecule has 2 nitrogen and oxygen atoms in total. The van der Waals surface area contributed by atoms with Crippen molar-refractivity contribution in [3.05, 3.63) is 0 Å². The van der Waals surface area contributed by atoms with Crippen LogP contribution in [0.4, 0.5) is 0 Å². The zero-order valence-electron chi connectivity index (χ0n) is 8.88. The van der Waals surface area contributed by atoms with Crippen LogP contribution < -0.4 is 0 Å². The molecule has 1 aliphatic heterocycles. The van der Waals surface area contributed by atoms with E-state index in [1.54, 1.807) is 0 Å². The van der Waals surface area contributed by atoms with E-state index in [1.165, 1.54) is 26.2 Å². The quantitative estimate of drug-likeness (QED) is 0.624. The summed E-state index contributed by atoms with van der Waals surface area (Å²) in [6, 6.07) is 0. The first-order chi connectivity index (χ1) is 5.59. The highest BCUT2D eigenvalue weighted by Crippen LogP contribution is 2.22. The van der Waals surface area contributed by atoms with Crippen molar-refractivity contribution >= 4 is 0 Å². The van der Waals surface area contributed by atoms with Crippen LogP contribution in [0.1, 0.15) is 13.8 Å². The smallest absolute Gasteiger partial charge is 0.0109 e. The van der Waals surface area contributed by atoms with E-state index in [1.807, 2.05) is 0 Å². The highest BCUT2D eigenvalue weighted by atomic mass is 15.2. The van der Waals surface area contributed by atoms with Crippen molar-refractivity contribution < 1.29 is 0 Å². The lowest BCUT2D eigenvalue weighted by Crippen LogP contribution is -2.50. The van der Waals surface area contributed by atoms with Crippen LogP contribution >= 0.6 is 0 Å². The van der Waals surface area contributed by atoms with Gasteiger partial charge in [0.25, 0.3) is 0 Å². The van der Waals surface area contributed by atoms with Gasteiger partial charge in [-0.15, -0.1) is 0 Å². The Morgan fingerprint density at radius 2 is 1.92 bits per heavy atom. The van der Waals surface area contributed by atoms with Crippen LogP contribution in [0, 0.1) is 11.8 Å². The van der Waals surface area contributed by atoms with Crippen LogP contribution in [0.15, 0.2) is 0 Å². The molecular formula is C10H22N2. The Hall–Kier alpha value is -0.0800. The molecule has 1 heterocycles. The first-order valence-electron chi connectivity index (χ1n) is 4.96. The van der Waals surface area contributed by atoms with E-state index >= 15 is 0 Å². The number of likely N-dealkylation sites (tertiary alicyclic amines) is 1. The van der Waals surface area contributed by atoms with E-state index in [4.69, 9.17) is 0 Å². The van der Waals surface area contributed by atoms with Crippen molar-refractivity contribution in [2.45, 2.75) is 13.8 Å². The SMILES string of the molecule is CC(C)C1CN(CCN(C)C)C1. The second-order valence-corrected chi connectivity index (χ2v) is 4.57. The largest absolute Gasteiger partial charge is 0.308 e. The van der Waals surface area contributed by atoms with E-state index in [-0.39, 0.29) is 0 Å². The first-order valence-corrected chi connectivity index (χ1v) is 4.96. The zero-order valence-corrected chi connectivity index (χ0v) is 8.88. The van der Waals surface area contributed by atoms with Gasteiger partial charge in [0.2, 0.25) is 0 Å². The molecule has 0 atom stereocenters. The predicted molar refractivity (Wildman–Crippen MR) is 53.3 cm³/mol. The predicted octanol–water partition coefficient (Wildman–Crippen LogP) is 1.14. The average molecular weight is 170 g/mol. The summed E-state index contributed by atoms with van der Waals surface area (Å²) >= 11 is 0. The number of hydrogen-bond acceptors (Lipinski definition) is 2.